The molecule has 0 aliphatic carbocycles. The van der Waals surface area contributed by atoms with Gasteiger partial charge in [-0.2, -0.15) is 5.26 Å². The number of rotatable bonds is 5. The summed E-state index contributed by atoms with van der Waals surface area (Å²) < 4.78 is 6.63. The fraction of sp³-hybridized carbons (Fsp3) is 0.231. The number of ether oxygens (including phenoxy) is 1. The molecule has 0 unspecified atom stereocenters. The Morgan fingerprint density at radius 1 is 1.53 bits per heavy atom. The lowest BCUT2D eigenvalue weighted by Gasteiger charge is -2.03. The third kappa shape index (κ3) is 2.83. The van der Waals surface area contributed by atoms with E-state index in [0.717, 1.165) is 27.4 Å². The first kappa shape index (κ1) is 11.6. The third-order valence-electron chi connectivity index (χ3n) is 2.23. The highest BCUT2D eigenvalue weighted by molar-refractivity contribution is 7.18. The molecule has 2 aromatic rings. The molecule has 0 N–H and O–H groups in total. The molecule has 1 heterocycles. The highest BCUT2D eigenvalue weighted by Crippen LogP contribution is 2.26. The summed E-state index contributed by atoms with van der Waals surface area (Å²) in [7, 11) is 0. The molecular weight excluding hydrogens is 232 g/mol. The summed E-state index contributed by atoms with van der Waals surface area (Å²) in [6.07, 6.45) is 3.03. The highest BCUT2D eigenvalue weighted by atomic mass is 32.1. The monoisotopic (exact) mass is 244 g/mol. The molecule has 1 aromatic carbocycles. The number of hydrogen-bond donors (Lipinski definition) is 0. The summed E-state index contributed by atoms with van der Waals surface area (Å²) in [6.45, 7) is 4.28. The van der Waals surface area contributed by atoms with Crippen molar-refractivity contribution in [1.29, 1.82) is 5.26 Å². The predicted molar refractivity (Wildman–Crippen MR) is 69.2 cm³/mol. The van der Waals surface area contributed by atoms with Crippen molar-refractivity contribution >= 4 is 21.6 Å². The molecule has 0 bridgehead atoms. The van der Waals surface area contributed by atoms with E-state index in [4.69, 9.17) is 10.00 Å². The molecule has 0 aliphatic rings. The SMILES string of the molecule is C=CCCOc1ccc2nc(CC#N)sc2c1. The van der Waals surface area contributed by atoms with E-state index >= 15 is 0 Å². The van der Waals surface area contributed by atoms with Crippen LogP contribution in [0, 0.1) is 11.3 Å². The lowest BCUT2D eigenvalue weighted by molar-refractivity contribution is 0.325. The van der Waals surface area contributed by atoms with E-state index in [1.165, 1.54) is 0 Å². The smallest absolute Gasteiger partial charge is 0.120 e. The molecule has 0 atom stereocenters. The normalized spacial score (nSPS) is 10.1. The van der Waals surface area contributed by atoms with Crippen LogP contribution in [0.3, 0.4) is 0 Å². The maximum atomic E-state index is 8.63. The molecule has 2 rings (SSSR count). The average Bonchev–Trinajstić information content (AvgIpc) is 2.71. The van der Waals surface area contributed by atoms with E-state index in [-0.39, 0.29) is 0 Å². The number of benzene rings is 1. The fourth-order valence-corrected chi connectivity index (χ4v) is 2.37. The van der Waals surface area contributed by atoms with Gasteiger partial charge >= 0.3 is 0 Å². The summed E-state index contributed by atoms with van der Waals surface area (Å²) in [5.74, 6) is 0.839. The lowest BCUT2D eigenvalue weighted by atomic mass is 10.3. The van der Waals surface area contributed by atoms with Crippen LogP contribution in [0.2, 0.25) is 0 Å². The topological polar surface area (TPSA) is 45.9 Å². The van der Waals surface area contributed by atoms with E-state index < -0.39 is 0 Å². The average molecular weight is 244 g/mol. The van der Waals surface area contributed by atoms with Crippen molar-refractivity contribution in [3.8, 4) is 11.8 Å². The molecule has 0 amide bonds. The van der Waals surface area contributed by atoms with Crippen molar-refractivity contribution in [2.45, 2.75) is 12.8 Å². The number of nitrogens with zero attached hydrogens (tertiary/aromatic N) is 2. The van der Waals surface area contributed by atoms with Crippen LogP contribution in [0.1, 0.15) is 11.4 Å². The predicted octanol–water partition coefficient (Wildman–Crippen LogP) is 3.32. The Bertz CT molecular complexity index is 568. The van der Waals surface area contributed by atoms with Gasteiger partial charge in [0.2, 0.25) is 0 Å². The summed E-state index contributed by atoms with van der Waals surface area (Å²) >= 11 is 1.54. The summed E-state index contributed by atoms with van der Waals surface area (Å²) in [5.41, 5.74) is 0.927. The molecule has 0 saturated carbocycles. The molecule has 3 nitrogen and oxygen atoms in total. The summed E-state index contributed by atoms with van der Waals surface area (Å²) in [4.78, 5) is 4.36. The minimum atomic E-state index is 0.367. The molecular formula is C13H12N2OS. The van der Waals surface area contributed by atoms with Gasteiger partial charge in [-0.25, -0.2) is 4.98 Å². The van der Waals surface area contributed by atoms with E-state index in [1.807, 2.05) is 24.3 Å². The van der Waals surface area contributed by atoms with Crippen molar-refractivity contribution < 1.29 is 4.74 Å². The van der Waals surface area contributed by atoms with E-state index in [0.29, 0.717) is 13.0 Å². The molecule has 0 saturated heterocycles. The second-order valence-electron chi connectivity index (χ2n) is 3.50. The standard InChI is InChI=1S/C13H12N2OS/c1-2-3-8-16-10-4-5-11-12(9-10)17-13(15-11)6-7-14/h2,4-5,9H,1,3,6,8H2. The zero-order valence-corrected chi connectivity index (χ0v) is 10.2. The van der Waals surface area contributed by atoms with Gasteiger partial charge in [0.25, 0.3) is 0 Å². The van der Waals surface area contributed by atoms with E-state index in [1.54, 1.807) is 11.3 Å². The Kier molecular flexibility index (Phi) is 3.73. The minimum absolute atomic E-state index is 0.367. The molecule has 17 heavy (non-hydrogen) atoms. The fourth-order valence-electron chi connectivity index (χ4n) is 1.45. The van der Waals surface area contributed by atoms with Crippen LogP contribution >= 0.6 is 11.3 Å². The van der Waals surface area contributed by atoms with Crippen LogP contribution in [0.15, 0.2) is 30.9 Å². The van der Waals surface area contributed by atoms with Gasteiger partial charge in [-0.3, -0.25) is 0 Å². The lowest BCUT2D eigenvalue weighted by Crippen LogP contribution is -1.94. The second kappa shape index (κ2) is 5.46. The summed E-state index contributed by atoms with van der Waals surface area (Å²) in [5, 5.41) is 9.48. The van der Waals surface area contributed by atoms with Crippen LogP contribution in [0.5, 0.6) is 5.75 Å². The maximum Gasteiger partial charge on any atom is 0.120 e. The molecule has 0 fully saturated rings. The Balaban J connectivity index is 2.18. The third-order valence-corrected chi connectivity index (χ3v) is 3.24. The van der Waals surface area contributed by atoms with Gasteiger partial charge in [-0.15, -0.1) is 17.9 Å². The van der Waals surface area contributed by atoms with Crippen molar-refractivity contribution in [1.82, 2.24) is 4.98 Å². The summed E-state index contributed by atoms with van der Waals surface area (Å²) in [6, 6.07) is 7.91. The van der Waals surface area contributed by atoms with Gasteiger partial charge in [-0.05, 0) is 24.6 Å². The Labute approximate surface area is 104 Å². The minimum Gasteiger partial charge on any atom is -0.493 e. The maximum absolute atomic E-state index is 8.63. The van der Waals surface area contributed by atoms with Crippen LogP contribution in [-0.4, -0.2) is 11.6 Å². The molecule has 0 radical (unpaired) electrons. The van der Waals surface area contributed by atoms with E-state index in [9.17, 15) is 0 Å². The first-order valence-electron chi connectivity index (χ1n) is 5.33. The zero-order chi connectivity index (χ0) is 12.1. The first-order valence-corrected chi connectivity index (χ1v) is 6.15. The molecule has 0 spiro atoms. The van der Waals surface area contributed by atoms with E-state index in [2.05, 4.69) is 17.6 Å². The van der Waals surface area contributed by atoms with Crippen molar-refractivity contribution in [3.05, 3.63) is 35.9 Å². The molecule has 1 aromatic heterocycles. The van der Waals surface area contributed by atoms with Gasteiger partial charge in [0.1, 0.15) is 10.8 Å². The van der Waals surface area contributed by atoms with Gasteiger partial charge in [0.15, 0.2) is 0 Å². The van der Waals surface area contributed by atoms with Crippen LogP contribution < -0.4 is 4.74 Å². The largest absolute Gasteiger partial charge is 0.493 e. The number of thiazole rings is 1. The molecule has 4 heteroatoms. The van der Waals surface area contributed by atoms with Crippen molar-refractivity contribution in [2.24, 2.45) is 0 Å². The second-order valence-corrected chi connectivity index (χ2v) is 4.61. The van der Waals surface area contributed by atoms with Crippen molar-refractivity contribution in [3.63, 3.8) is 0 Å². The van der Waals surface area contributed by atoms with Gasteiger partial charge in [0, 0.05) is 0 Å². The number of aromatic nitrogens is 1. The number of hydrogen-bond acceptors (Lipinski definition) is 4. The zero-order valence-electron chi connectivity index (χ0n) is 9.35. The highest BCUT2D eigenvalue weighted by Gasteiger charge is 2.04. The van der Waals surface area contributed by atoms with Gasteiger partial charge < -0.3 is 4.74 Å². The van der Waals surface area contributed by atoms with Crippen LogP contribution in [-0.2, 0) is 6.42 Å². The van der Waals surface area contributed by atoms with Crippen LogP contribution in [0.25, 0.3) is 10.2 Å². The quantitative estimate of drug-likeness (QED) is 0.598. The van der Waals surface area contributed by atoms with Gasteiger partial charge in [0.05, 0.1) is 29.3 Å². The number of nitriles is 1. The van der Waals surface area contributed by atoms with Crippen LogP contribution in [0.4, 0.5) is 0 Å². The molecule has 0 aliphatic heterocycles. The molecule has 86 valence electrons. The Morgan fingerprint density at radius 3 is 3.18 bits per heavy atom. The van der Waals surface area contributed by atoms with Gasteiger partial charge in [-0.1, -0.05) is 6.08 Å². The Morgan fingerprint density at radius 2 is 2.41 bits per heavy atom. The Hall–Kier alpha value is -1.86. The first-order chi connectivity index (χ1) is 8.33. The number of fused-ring (bicyclic) bond motifs is 1. The van der Waals surface area contributed by atoms with Crippen molar-refractivity contribution in [2.75, 3.05) is 6.61 Å².